The van der Waals surface area contributed by atoms with Crippen molar-refractivity contribution in [2.45, 2.75) is 45.1 Å². The second kappa shape index (κ2) is 5.34. The molecular weight excluding hydrogens is 304 g/mol. The van der Waals surface area contributed by atoms with Crippen LogP contribution in [0.5, 0.6) is 0 Å². The number of fused-ring (bicyclic) bond motifs is 3. The molecule has 1 aliphatic rings. The first kappa shape index (κ1) is 14.9. The van der Waals surface area contributed by atoms with Crippen molar-refractivity contribution >= 4 is 33.8 Å². The minimum atomic E-state index is -0.461. The fourth-order valence-corrected chi connectivity index (χ4v) is 4.98. The predicted octanol–water partition coefficient (Wildman–Crippen LogP) is 3.38. The van der Waals surface area contributed by atoms with Gasteiger partial charge in [-0.3, -0.25) is 9.36 Å². The summed E-state index contributed by atoms with van der Waals surface area (Å²) in [7, 11) is 1.64. The van der Waals surface area contributed by atoms with Crippen LogP contribution < -0.4 is 5.56 Å². The number of H-pyrrole nitrogens is 1. The molecule has 0 aliphatic heterocycles. The van der Waals surface area contributed by atoms with Crippen molar-refractivity contribution in [2.24, 2.45) is 0 Å². The summed E-state index contributed by atoms with van der Waals surface area (Å²) in [6.45, 7) is 4.40. The van der Waals surface area contributed by atoms with E-state index in [4.69, 9.17) is 17.0 Å². The summed E-state index contributed by atoms with van der Waals surface area (Å²) in [5, 5.41) is 0.840. The van der Waals surface area contributed by atoms with Crippen molar-refractivity contribution < 1.29 is 4.74 Å². The molecule has 0 spiro atoms. The Labute approximate surface area is 132 Å². The van der Waals surface area contributed by atoms with Gasteiger partial charge in [0.15, 0.2) is 4.77 Å². The van der Waals surface area contributed by atoms with Gasteiger partial charge < -0.3 is 9.72 Å². The van der Waals surface area contributed by atoms with E-state index in [2.05, 4.69) is 4.98 Å². The summed E-state index contributed by atoms with van der Waals surface area (Å²) < 4.78 is 7.42. The van der Waals surface area contributed by atoms with Crippen molar-refractivity contribution in [1.29, 1.82) is 0 Å². The highest BCUT2D eigenvalue weighted by Gasteiger charge is 2.27. The zero-order chi connectivity index (χ0) is 15.2. The summed E-state index contributed by atoms with van der Waals surface area (Å²) in [6.07, 6.45) is 4.45. The van der Waals surface area contributed by atoms with E-state index in [-0.39, 0.29) is 5.56 Å². The van der Waals surface area contributed by atoms with Crippen molar-refractivity contribution in [3.63, 3.8) is 0 Å². The minimum absolute atomic E-state index is 0.0233. The Morgan fingerprint density at radius 1 is 1.38 bits per heavy atom. The standard InChI is InChI=1S/C15H20N2O2S2/c1-15(2,8-19-3)17-13(18)11-9-6-4-5-7-10(9)21-12(11)16-14(17)20/h4-8H2,1-3H3,(H,16,20). The maximum Gasteiger partial charge on any atom is 0.263 e. The van der Waals surface area contributed by atoms with Gasteiger partial charge in [-0.15, -0.1) is 11.3 Å². The van der Waals surface area contributed by atoms with Gasteiger partial charge in [0.2, 0.25) is 0 Å². The maximum absolute atomic E-state index is 13.0. The van der Waals surface area contributed by atoms with Crippen LogP contribution in [0.4, 0.5) is 0 Å². The SMILES string of the molecule is COCC(C)(C)n1c(=S)[nH]c2sc3c(c2c1=O)CCCC3. The van der Waals surface area contributed by atoms with Crippen LogP contribution in [-0.2, 0) is 23.1 Å². The second-order valence-corrected chi connectivity index (χ2v) is 7.72. The number of aromatic amines is 1. The Hall–Kier alpha value is -0.980. The number of rotatable bonds is 3. The second-order valence-electron chi connectivity index (χ2n) is 6.23. The first-order chi connectivity index (χ1) is 9.95. The molecule has 1 aliphatic carbocycles. The number of nitrogens with one attached hydrogen (secondary N) is 1. The maximum atomic E-state index is 13.0. The normalized spacial score (nSPS) is 15.4. The number of aromatic nitrogens is 2. The zero-order valence-corrected chi connectivity index (χ0v) is 14.2. The van der Waals surface area contributed by atoms with Crippen LogP contribution in [0.2, 0.25) is 0 Å². The summed E-state index contributed by atoms with van der Waals surface area (Å²) >= 11 is 7.12. The number of nitrogens with zero attached hydrogens (tertiary/aromatic N) is 1. The molecule has 3 rings (SSSR count). The van der Waals surface area contributed by atoms with Gasteiger partial charge in [0.05, 0.1) is 17.5 Å². The smallest absolute Gasteiger partial charge is 0.263 e. The molecule has 0 unspecified atom stereocenters. The van der Waals surface area contributed by atoms with Gasteiger partial charge in [0.25, 0.3) is 5.56 Å². The molecule has 4 nitrogen and oxygen atoms in total. The number of methoxy groups -OCH3 is 1. The van der Waals surface area contributed by atoms with Crippen LogP contribution in [0.3, 0.4) is 0 Å². The highest BCUT2D eigenvalue weighted by atomic mass is 32.1. The lowest BCUT2D eigenvalue weighted by atomic mass is 9.97. The van der Waals surface area contributed by atoms with Gasteiger partial charge in [-0.05, 0) is 57.3 Å². The molecular formula is C15H20N2O2S2. The number of hydrogen-bond acceptors (Lipinski definition) is 4. The summed E-state index contributed by atoms with van der Waals surface area (Å²) in [4.78, 5) is 18.6. The van der Waals surface area contributed by atoms with E-state index < -0.39 is 5.54 Å². The molecule has 0 atom stereocenters. The predicted molar refractivity (Wildman–Crippen MR) is 89.1 cm³/mol. The summed E-state index contributed by atoms with van der Waals surface area (Å²) in [6, 6.07) is 0. The average Bonchev–Trinajstić information content (AvgIpc) is 2.75. The monoisotopic (exact) mass is 324 g/mol. The largest absolute Gasteiger partial charge is 0.382 e. The molecule has 2 aromatic rings. The summed E-state index contributed by atoms with van der Waals surface area (Å²) in [5.74, 6) is 0. The molecule has 0 radical (unpaired) electrons. The molecule has 0 aromatic carbocycles. The van der Waals surface area contributed by atoms with Crippen LogP contribution in [0, 0.1) is 4.77 Å². The third-order valence-corrected chi connectivity index (χ3v) is 5.61. The lowest BCUT2D eigenvalue weighted by molar-refractivity contribution is 0.106. The Kier molecular flexibility index (Phi) is 3.80. The minimum Gasteiger partial charge on any atom is -0.382 e. The Morgan fingerprint density at radius 2 is 2.10 bits per heavy atom. The van der Waals surface area contributed by atoms with E-state index >= 15 is 0 Å². The summed E-state index contributed by atoms with van der Waals surface area (Å²) in [5.41, 5.74) is 0.798. The van der Waals surface area contributed by atoms with E-state index in [9.17, 15) is 4.79 Å². The molecule has 0 saturated heterocycles. The van der Waals surface area contributed by atoms with Crippen LogP contribution in [0.1, 0.15) is 37.1 Å². The Balaban J connectivity index is 2.33. The van der Waals surface area contributed by atoms with E-state index in [0.717, 1.165) is 29.5 Å². The third kappa shape index (κ3) is 2.39. The fourth-order valence-electron chi connectivity index (χ4n) is 3.20. The van der Waals surface area contributed by atoms with Gasteiger partial charge in [0.1, 0.15) is 4.83 Å². The average molecular weight is 324 g/mol. The number of ether oxygens (including phenoxy) is 1. The first-order valence-electron chi connectivity index (χ1n) is 7.24. The highest BCUT2D eigenvalue weighted by molar-refractivity contribution is 7.71. The fraction of sp³-hybridized carbons (Fsp3) is 0.600. The van der Waals surface area contributed by atoms with Gasteiger partial charge in [-0.1, -0.05) is 0 Å². The van der Waals surface area contributed by atoms with Crippen molar-refractivity contribution in [3.8, 4) is 0 Å². The van der Waals surface area contributed by atoms with Crippen molar-refractivity contribution in [2.75, 3.05) is 13.7 Å². The molecule has 6 heteroatoms. The lowest BCUT2D eigenvalue weighted by Crippen LogP contribution is -2.40. The van der Waals surface area contributed by atoms with Gasteiger partial charge >= 0.3 is 0 Å². The van der Waals surface area contributed by atoms with Crippen molar-refractivity contribution in [1.82, 2.24) is 9.55 Å². The van der Waals surface area contributed by atoms with Crippen molar-refractivity contribution in [3.05, 3.63) is 25.6 Å². The Morgan fingerprint density at radius 3 is 2.81 bits per heavy atom. The van der Waals surface area contributed by atoms with E-state index in [1.807, 2.05) is 13.8 Å². The molecule has 21 heavy (non-hydrogen) atoms. The molecule has 2 aromatic heterocycles. The molecule has 1 N–H and O–H groups in total. The van der Waals surface area contributed by atoms with Crippen LogP contribution in [0.15, 0.2) is 4.79 Å². The molecule has 114 valence electrons. The van der Waals surface area contributed by atoms with Crippen LogP contribution >= 0.6 is 23.6 Å². The van der Waals surface area contributed by atoms with E-state index in [1.165, 1.54) is 16.9 Å². The van der Waals surface area contributed by atoms with Gasteiger partial charge in [-0.25, -0.2) is 0 Å². The van der Waals surface area contributed by atoms with Gasteiger partial charge in [-0.2, -0.15) is 0 Å². The van der Waals surface area contributed by atoms with Gasteiger partial charge in [0, 0.05) is 12.0 Å². The number of thiophene rings is 1. The molecule has 0 amide bonds. The number of hydrogen-bond donors (Lipinski definition) is 1. The quantitative estimate of drug-likeness (QED) is 0.881. The van der Waals surface area contributed by atoms with E-state index in [1.54, 1.807) is 23.0 Å². The Bertz CT molecular complexity index is 798. The molecule has 0 fully saturated rings. The molecule has 2 heterocycles. The molecule has 0 saturated carbocycles. The number of aryl methyl sites for hydroxylation is 2. The molecule has 0 bridgehead atoms. The third-order valence-electron chi connectivity index (χ3n) is 4.11. The zero-order valence-electron chi connectivity index (χ0n) is 12.6. The lowest BCUT2D eigenvalue weighted by Gasteiger charge is -2.26. The topological polar surface area (TPSA) is 47.0 Å². The first-order valence-corrected chi connectivity index (χ1v) is 8.47. The van der Waals surface area contributed by atoms with Crippen LogP contribution in [-0.4, -0.2) is 23.3 Å². The highest BCUT2D eigenvalue weighted by Crippen LogP contribution is 2.34. The van der Waals surface area contributed by atoms with E-state index in [0.29, 0.717) is 11.4 Å². The van der Waals surface area contributed by atoms with Crippen LogP contribution in [0.25, 0.3) is 10.2 Å².